The number of halogens is 3. The van der Waals surface area contributed by atoms with Crippen LogP contribution in [-0.4, -0.2) is 14.6 Å². The molecule has 0 bridgehead atoms. The van der Waals surface area contributed by atoms with Crippen LogP contribution in [0.4, 0.5) is 13.2 Å². The highest BCUT2D eigenvalue weighted by atomic mass is 32.1. The third-order valence-electron chi connectivity index (χ3n) is 3.59. The number of fused-ring (bicyclic) bond motifs is 1. The third-order valence-corrected chi connectivity index (χ3v) is 4.48. The van der Waals surface area contributed by atoms with Crippen molar-refractivity contribution in [3.63, 3.8) is 0 Å². The maximum atomic E-state index is 13.4. The lowest BCUT2D eigenvalue weighted by molar-refractivity contribution is -0.140. The van der Waals surface area contributed by atoms with Gasteiger partial charge in [-0.3, -0.25) is 0 Å². The van der Waals surface area contributed by atoms with E-state index >= 15 is 0 Å². The van der Waals surface area contributed by atoms with Gasteiger partial charge in [-0.15, -0.1) is 11.3 Å². The molecule has 0 amide bonds. The number of aromatic nitrogens is 3. The lowest BCUT2D eigenvalue weighted by Gasteiger charge is -2.04. The highest BCUT2D eigenvalue weighted by Gasteiger charge is 2.39. The maximum Gasteiger partial charge on any atom is 0.435 e. The Morgan fingerprint density at radius 2 is 1.75 bits per heavy atom. The zero-order valence-electron chi connectivity index (χ0n) is 12.2. The summed E-state index contributed by atoms with van der Waals surface area (Å²) in [7, 11) is 0. The molecule has 4 rings (SSSR count). The molecule has 3 nitrogen and oxygen atoms in total. The van der Waals surface area contributed by atoms with Crippen molar-refractivity contribution in [3.05, 3.63) is 65.8 Å². The maximum absolute atomic E-state index is 13.4. The molecular formula is C17H10F3N3S. The van der Waals surface area contributed by atoms with Gasteiger partial charge in [-0.25, -0.2) is 9.50 Å². The van der Waals surface area contributed by atoms with Gasteiger partial charge in [0, 0.05) is 16.6 Å². The van der Waals surface area contributed by atoms with E-state index in [1.165, 1.54) is 22.0 Å². The number of thiophene rings is 1. The Bertz CT molecular complexity index is 989. The van der Waals surface area contributed by atoms with Gasteiger partial charge in [0.2, 0.25) is 0 Å². The van der Waals surface area contributed by atoms with Crippen LogP contribution in [0.5, 0.6) is 0 Å². The second-order valence-corrected chi connectivity index (χ2v) is 6.09. The second kappa shape index (κ2) is 5.45. The molecule has 0 N–H and O–H groups in total. The fourth-order valence-electron chi connectivity index (χ4n) is 2.54. The number of hydrogen-bond acceptors (Lipinski definition) is 3. The lowest BCUT2D eigenvalue weighted by Crippen LogP contribution is -2.07. The molecule has 3 aromatic heterocycles. The molecule has 0 aliphatic carbocycles. The van der Waals surface area contributed by atoms with Crippen LogP contribution >= 0.6 is 11.3 Å². The summed E-state index contributed by atoms with van der Waals surface area (Å²) in [5.41, 5.74) is 0.755. The van der Waals surface area contributed by atoms with E-state index in [9.17, 15) is 13.2 Å². The Kier molecular flexibility index (Phi) is 3.38. The Morgan fingerprint density at radius 3 is 2.42 bits per heavy atom. The van der Waals surface area contributed by atoms with Gasteiger partial charge in [0.15, 0.2) is 11.3 Å². The van der Waals surface area contributed by atoms with E-state index in [2.05, 4.69) is 10.1 Å². The van der Waals surface area contributed by atoms with Crippen LogP contribution in [0.3, 0.4) is 0 Å². The summed E-state index contributed by atoms with van der Waals surface area (Å²) in [5, 5.41) is 5.45. The number of nitrogens with zero attached hydrogens (tertiary/aromatic N) is 3. The molecule has 7 heteroatoms. The minimum absolute atomic E-state index is 0.0234. The smallest absolute Gasteiger partial charge is 0.228 e. The van der Waals surface area contributed by atoms with Crippen molar-refractivity contribution in [2.75, 3.05) is 0 Å². The first-order valence-corrected chi connectivity index (χ1v) is 7.98. The summed E-state index contributed by atoms with van der Waals surface area (Å²) >= 11 is 1.23. The second-order valence-electron chi connectivity index (χ2n) is 5.15. The van der Waals surface area contributed by atoms with Gasteiger partial charge in [0.05, 0.1) is 11.3 Å². The first-order valence-electron chi connectivity index (χ1n) is 7.10. The van der Waals surface area contributed by atoms with Crippen molar-refractivity contribution in [3.8, 4) is 21.7 Å². The van der Waals surface area contributed by atoms with Crippen LogP contribution in [0.1, 0.15) is 5.69 Å². The molecular weight excluding hydrogens is 335 g/mol. The van der Waals surface area contributed by atoms with Crippen molar-refractivity contribution < 1.29 is 13.2 Å². The summed E-state index contributed by atoms with van der Waals surface area (Å²) in [6.45, 7) is 0. The van der Waals surface area contributed by atoms with Gasteiger partial charge >= 0.3 is 6.18 Å². The van der Waals surface area contributed by atoms with Gasteiger partial charge in [0.25, 0.3) is 0 Å². The van der Waals surface area contributed by atoms with Crippen LogP contribution in [0.15, 0.2) is 60.1 Å². The molecule has 0 aliphatic heterocycles. The van der Waals surface area contributed by atoms with E-state index in [4.69, 9.17) is 0 Å². The third kappa shape index (κ3) is 2.46. The summed E-state index contributed by atoms with van der Waals surface area (Å²) in [6.07, 6.45) is -3.03. The van der Waals surface area contributed by atoms with Gasteiger partial charge in [0.1, 0.15) is 0 Å². The quantitative estimate of drug-likeness (QED) is 0.503. The zero-order chi connectivity index (χ0) is 16.7. The number of alkyl halides is 3. The van der Waals surface area contributed by atoms with Crippen LogP contribution in [-0.2, 0) is 6.18 Å². The first kappa shape index (κ1) is 14.9. The minimum atomic E-state index is -4.54. The van der Waals surface area contributed by atoms with Gasteiger partial charge < -0.3 is 0 Å². The summed E-state index contributed by atoms with van der Waals surface area (Å²) in [4.78, 5) is 4.94. The molecule has 0 saturated heterocycles. The van der Waals surface area contributed by atoms with E-state index in [1.807, 2.05) is 30.3 Å². The van der Waals surface area contributed by atoms with E-state index < -0.39 is 11.9 Å². The molecule has 0 atom stereocenters. The van der Waals surface area contributed by atoms with Crippen LogP contribution in [0, 0.1) is 0 Å². The summed E-state index contributed by atoms with van der Waals surface area (Å²) < 4.78 is 41.4. The van der Waals surface area contributed by atoms with Crippen molar-refractivity contribution in [2.45, 2.75) is 6.18 Å². The molecule has 0 aliphatic rings. The molecule has 0 saturated carbocycles. The van der Waals surface area contributed by atoms with E-state index in [1.54, 1.807) is 23.6 Å². The summed E-state index contributed by atoms with van der Waals surface area (Å²) in [6, 6.07) is 14.3. The Balaban J connectivity index is 2.01. The molecule has 1 aromatic carbocycles. The van der Waals surface area contributed by atoms with Crippen molar-refractivity contribution in [1.82, 2.24) is 14.6 Å². The fraction of sp³-hybridized carbons (Fsp3) is 0.0588. The monoisotopic (exact) mass is 345 g/mol. The van der Waals surface area contributed by atoms with Crippen LogP contribution in [0.25, 0.3) is 27.3 Å². The zero-order valence-corrected chi connectivity index (χ0v) is 13.0. The topological polar surface area (TPSA) is 30.2 Å². The van der Waals surface area contributed by atoms with E-state index in [0.29, 0.717) is 10.6 Å². The van der Waals surface area contributed by atoms with Crippen LogP contribution < -0.4 is 0 Å². The molecule has 3 heterocycles. The fourth-order valence-corrected chi connectivity index (χ4v) is 3.31. The van der Waals surface area contributed by atoms with E-state index in [-0.39, 0.29) is 11.2 Å². The molecule has 0 radical (unpaired) electrons. The molecule has 0 fully saturated rings. The summed E-state index contributed by atoms with van der Waals surface area (Å²) in [5.74, 6) is 0. The van der Waals surface area contributed by atoms with Gasteiger partial charge in [-0.05, 0) is 17.5 Å². The predicted molar refractivity (Wildman–Crippen MR) is 86.7 cm³/mol. The minimum Gasteiger partial charge on any atom is -0.228 e. The average Bonchev–Trinajstić information content (AvgIpc) is 3.21. The van der Waals surface area contributed by atoms with E-state index in [0.717, 1.165) is 5.56 Å². The average molecular weight is 345 g/mol. The molecule has 120 valence electrons. The van der Waals surface area contributed by atoms with Crippen molar-refractivity contribution in [2.24, 2.45) is 0 Å². The van der Waals surface area contributed by atoms with Crippen LogP contribution in [0.2, 0.25) is 0 Å². The Labute approximate surface area is 139 Å². The largest absolute Gasteiger partial charge is 0.435 e. The highest BCUT2D eigenvalue weighted by Crippen LogP contribution is 2.40. The Morgan fingerprint density at radius 1 is 0.958 bits per heavy atom. The molecule has 0 unspecified atom stereocenters. The molecule has 4 aromatic rings. The highest BCUT2D eigenvalue weighted by molar-refractivity contribution is 7.13. The first-order chi connectivity index (χ1) is 11.5. The molecule has 0 spiro atoms. The number of benzene rings is 1. The molecule has 24 heavy (non-hydrogen) atoms. The number of rotatable bonds is 2. The normalized spacial score (nSPS) is 12.0. The number of hydrogen-bond donors (Lipinski definition) is 0. The van der Waals surface area contributed by atoms with Crippen molar-refractivity contribution >= 4 is 17.0 Å². The van der Waals surface area contributed by atoms with Crippen molar-refractivity contribution in [1.29, 1.82) is 0 Å². The Hall–Kier alpha value is -2.67. The van der Waals surface area contributed by atoms with Gasteiger partial charge in [-0.2, -0.15) is 18.3 Å². The lowest BCUT2D eigenvalue weighted by atomic mass is 10.1. The standard InChI is InChI=1S/C17H10F3N3S/c18-17(19,20)15-14(13-7-4-10-24-13)16-21-12(8-9-23(16)22-15)11-5-2-1-3-6-11/h1-10H. The van der Waals surface area contributed by atoms with Gasteiger partial charge in [-0.1, -0.05) is 36.4 Å². The SMILES string of the molecule is FC(F)(F)c1nn2ccc(-c3ccccc3)nc2c1-c1cccs1. The predicted octanol–water partition coefficient (Wildman–Crippen LogP) is 5.14.